The Balaban J connectivity index is 2.26. The summed E-state index contributed by atoms with van der Waals surface area (Å²) in [6, 6.07) is 2.80. The fraction of sp³-hybridized carbons (Fsp3) is 0.500. The lowest BCUT2D eigenvalue weighted by Gasteiger charge is -2.33. The van der Waals surface area contributed by atoms with Gasteiger partial charge in [0, 0.05) is 26.2 Å². The molecule has 1 aliphatic heterocycles. The maximum absolute atomic E-state index is 10.8. The molecule has 0 unspecified atom stereocenters. The quantitative estimate of drug-likeness (QED) is 0.444. The summed E-state index contributed by atoms with van der Waals surface area (Å²) in [6.07, 6.45) is 0. The molecule has 1 aromatic heterocycles. The van der Waals surface area contributed by atoms with Gasteiger partial charge in [-0.05, 0) is 7.05 Å². The Morgan fingerprint density at radius 1 is 1.39 bits per heavy atom. The zero-order valence-corrected chi connectivity index (χ0v) is 10.2. The average molecular weight is 252 g/mol. The van der Waals surface area contributed by atoms with E-state index in [4.69, 9.17) is 5.84 Å². The van der Waals surface area contributed by atoms with Crippen LogP contribution in [-0.4, -0.2) is 48.0 Å². The average Bonchev–Trinajstić information content (AvgIpc) is 2.39. The number of nitro groups is 1. The van der Waals surface area contributed by atoms with Gasteiger partial charge in [-0.3, -0.25) is 10.1 Å². The molecule has 1 fully saturated rings. The molecule has 0 spiro atoms. The zero-order valence-electron chi connectivity index (χ0n) is 10.2. The minimum Gasteiger partial charge on any atom is -0.354 e. The number of nitrogens with zero attached hydrogens (tertiary/aromatic N) is 4. The van der Waals surface area contributed by atoms with E-state index in [1.807, 2.05) is 11.9 Å². The molecular weight excluding hydrogens is 236 g/mol. The smallest absolute Gasteiger partial charge is 0.276 e. The third-order valence-corrected chi connectivity index (χ3v) is 2.98. The van der Waals surface area contributed by atoms with Gasteiger partial charge in [0.15, 0.2) is 0 Å². The molecule has 0 atom stereocenters. The highest BCUT2D eigenvalue weighted by atomic mass is 16.6. The highest BCUT2D eigenvalue weighted by molar-refractivity contribution is 5.55. The van der Waals surface area contributed by atoms with E-state index in [-0.39, 0.29) is 5.69 Å². The number of anilines is 2. The number of hydrogen-bond donors (Lipinski definition) is 2. The van der Waals surface area contributed by atoms with Crippen LogP contribution in [0.4, 0.5) is 17.3 Å². The second-order valence-corrected chi connectivity index (χ2v) is 4.26. The van der Waals surface area contributed by atoms with Crippen LogP contribution in [0.15, 0.2) is 12.1 Å². The summed E-state index contributed by atoms with van der Waals surface area (Å²) in [7, 11) is 2.05. The number of aromatic nitrogens is 1. The minimum absolute atomic E-state index is 0.00752. The number of likely N-dealkylation sites (N-methyl/N-ethyl adjacent to an activating group) is 1. The van der Waals surface area contributed by atoms with E-state index in [1.54, 1.807) is 0 Å². The van der Waals surface area contributed by atoms with E-state index < -0.39 is 4.92 Å². The summed E-state index contributed by atoms with van der Waals surface area (Å²) < 4.78 is 0. The normalized spacial score (nSPS) is 16.7. The second-order valence-electron chi connectivity index (χ2n) is 4.26. The Hall–Kier alpha value is -1.93. The molecule has 0 radical (unpaired) electrons. The Bertz CT molecular complexity index is 444. The summed E-state index contributed by atoms with van der Waals surface area (Å²) in [5.41, 5.74) is 2.35. The van der Waals surface area contributed by atoms with Crippen LogP contribution in [0, 0.1) is 10.1 Å². The molecule has 1 aliphatic rings. The molecule has 2 rings (SSSR count). The third kappa shape index (κ3) is 2.66. The molecule has 0 saturated carbocycles. The van der Waals surface area contributed by atoms with Crippen molar-refractivity contribution < 1.29 is 4.92 Å². The van der Waals surface area contributed by atoms with E-state index in [0.717, 1.165) is 26.2 Å². The standard InChI is InChI=1S/C10H16N6O2/c1-14-2-4-15(5-3-14)10-7-8(16(17)18)6-9(12-10)13-11/h6-7H,2-5,11H2,1H3,(H,12,13). The molecule has 1 saturated heterocycles. The van der Waals surface area contributed by atoms with Crippen molar-refractivity contribution in [1.82, 2.24) is 9.88 Å². The number of piperazine rings is 1. The maximum Gasteiger partial charge on any atom is 0.276 e. The van der Waals surface area contributed by atoms with Crippen LogP contribution in [0.3, 0.4) is 0 Å². The fourth-order valence-electron chi connectivity index (χ4n) is 1.88. The monoisotopic (exact) mass is 252 g/mol. The van der Waals surface area contributed by atoms with Crippen LogP contribution in [-0.2, 0) is 0 Å². The van der Waals surface area contributed by atoms with E-state index in [2.05, 4.69) is 15.3 Å². The molecule has 2 heterocycles. The molecule has 0 aliphatic carbocycles. The van der Waals surface area contributed by atoms with Gasteiger partial charge in [-0.25, -0.2) is 10.8 Å². The molecule has 1 aromatic rings. The van der Waals surface area contributed by atoms with Gasteiger partial charge >= 0.3 is 0 Å². The molecule has 18 heavy (non-hydrogen) atoms. The summed E-state index contributed by atoms with van der Waals surface area (Å²) in [4.78, 5) is 18.9. The number of pyridine rings is 1. The first-order valence-electron chi connectivity index (χ1n) is 5.67. The van der Waals surface area contributed by atoms with Crippen molar-refractivity contribution in [2.45, 2.75) is 0 Å². The van der Waals surface area contributed by atoms with Crippen molar-refractivity contribution in [3.05, 3.63) is 22.2 Å². The summed E-state index contributed by atoms with van der Waals surface area (Å²) in [6.45, 7) is 3.43. The van der Waals surface area contributed by atoms with Crippen molar-refractivity contribution in [2.24, 2.45) is 5.84 Å². The van der Waals surface area contributed by atoms with Crippen LogP contribution >= 0.6 is 0 Å². The predicted octanol–water partition coefficient (Wildman–Crippen LogP) is 0.0272. The largest absolute Gasteiger partial charge is 0.354 e. The van der Waals surface area contributed by atoms with Gasteiger partial charge in [0.05, 0.1) is 17.1 Å². The fourth-order valence-corrected chi connectivity index (χ4v) is 1.88. The van der Waals surface area contributed by atoms with Crippen LogP contribution in [0.5, 0.6) is 0 Å². The number of nitrogen functional groups attached to an aromatic ring is 1. The lowest BCUT2D eigenvalue weighted by atomic mass is 10.3. The second kappa shape index (κ2) is 5.15. The number of rotatable bonds is 3. The summed E-state index contributed by atoms with van der Waals surface area (Å²) in [5, 5.41) is 10.8. The van der Waals surface area contributed by atoms with Gasteiger partial charge in [-0.15, -0.1) is 0 Å². The third-order valence-electron chi connectivity index (χ3n) is 2.98. The van der Waals surface area contributed by atoms with E-state index >= 15 is 0 Å². The Labute approximate surface area is 105 Å². The Morgan fingerprint density at radius 2 is 2.06 bits per heavy atom. The van der Waals surface area contributed by atoms with Gasteiger partial charge in [0.25, 0.3) is 5.69 Å². The Morgan fingerprint density at radius 3 is 2.61 bits per heavy atom. The lowest BCUT2D eigenvalue weighted by Crippen LogP contribution is -2.44. The maximum atomic E-state index is 10.8. The van der Waals surface area contributed by atoms with Crippen molar-refractivity contribution in [1.29, 1.82) is 0 Å². The molecular formula is C10H16N6O2. The van der Waals surface area contributed by atoms with Crippen molar-refractivity contribution >= 4 is 17.3 Å². The van der Waals surface area contributed by atoms with Gasteiger partial charge in [-0.2, -0.15) is 0 Å². The Kier molecular flexibility index (Phi) is 3.58. The van der Waals surface area contributed by atoms with Crippen LogP contribution in [0.25, 0.3) is 0 Å². The highest BCUT2D eigenvalue weighted by Gasteiger charge is 2.19. The first-order valence-corrected chi connectivity index (χ1v) is 5.67. The summed E-state index contributed by atoms with van der Waals surface area (Å²) in [5.74, 6) is 6.17. The predicted molar refractivity (Wildman–Crippen MR) is 68.4 cm³/mol. The summed E-state index contributed by atoms with van der Waals surface area (Å²) >= 11 is 0. The lowest BCUT2D eigenvalue weighted by molar-refractivity contribution is -0.384. The van der Waals surface area contributed by atoms with Crippen LogP contribution in [0.1, 0.15) is 0 Å². The SMILES string of the molecule is CN1CCN(c2cc([N+](=O)[O-])cc(NN)n2)CC1. The molecule has 98 valence electrons. The molecule has 8 heteroatoms. The number of hydrazine groups is 1. The van der Waals surface area contributed by atoms with Crippen molar-refractivity contribution in [3.63, 3.8) is 0 Å². The van der Waals surface area contributed by atoms with E-state index in [9.17, 15) is 10.1 Å². The topological polar surface area (TPSA) is 101 Å². The minimum atomic E-state index is -0.442. The van der Waals surface area contributed by atoms with Gasteiger partial charge in [-0.1, -0.05) is 0 Å². The van der Waals surface area contributed by atoms with E-state index in [0.29, 0.717) is 11.6 Å². The van der Waals surface area contributed by atoms with Gasteiger partial charge in [0.1, 0.15) is 11.6 Å². The molecule has 0 amide bonds. The first-order chi connectivity index (χ1) is 8.60. The van der Waals surface area contributed by atoms with Crippen molar-refractivity contribution in [3.8, 4) is 0 Å². The van der Waals surface area contributed by atoms with Crippen LogP contribution < -0.4 is 16.2 Å². The number of nitrogens with one attached hydrogen (secondary N) is 1. The molecule has 0 bridgehead atoms. The first kappa shape index (κ1) is 12.5. The number of nitrogens with two attached hydrogens (primary N) is 1. The highest BCUT2D eigenvalue weighted by Crippen LogP contribution is 2.23. The van der Waals surface area contributed by atoms with Crippen molar-refractivity contribution in [2.75, 3.05) is 43.6 Å². The van der Waals surface area contributed by atoms with Gasteiger partial charge in [0.2, 0.25) is 0 Å². The van der Waals surface area contributed by atoms with E-state index in [1.165, 1.54) is 12.1 Å². The number of hydrogen-bond acceptors (Lipinski definition) is 7. The zero-order chi connectivity index (χ0) is 13.1. The molecule has 8 nitrogen and oxygen atoms in total. The molecule has 3 N–H and O–H groups in total. The van der Waals surface area contributed by atoms with Crippen LogP contribution in [0.2, 0.25) is 0 Å². The molecule has 0 aromatic carbocycles. The van der Waals surface area contributed by atoms with Gasteiger partial charge < -0.3 is 15.2 Å².